The van der Waals surface area contributed by atoms with E-state index in [1.807, 2.05) is 31.2 Å². The summed E-state index contributed by atoms with van der Waals surface area (Å²) in [5.74, 6) is -0.394. The number of rotatable bonds is 5. The molecule has 0 radical (unpaired) electrons. The predicted molar refractivity (Wildman–Crippen MR) is 88.4 cm³/mol. The number of benzene rings is 2. The topological polar surface area (TPSA) is 43.4 Å². The first-order valence-electron chi connectivity index (χ1n) is 6.67. The summed E-state index contributed by atoms with van der Waals surface area (Å²) in [5, 5.41) is 0. The zero-order valence-electron chi connectivity index (χ0n) is 12.5. The molecule has 0 aromatic heterocycles. The van der Waals surface area contributed by atoms with Crippen LogP contribution >= 0.6 is 11.8 Å². The molecule has 0 spiro atoms. The third-order valence-electron chi connectivity index (χ3n) is 3.14. The Morgan fingerprint density at radius 3 is 2.55 bits per heavy atom. The molecule has 3 nitrogen and oxygen atoms in total. The Labute approximate surface area is 134 Å². The summed E-state index contributed by atoms with van der Waals surface area (Å²) < 4.78 is 4.79. The van der Waals surface area contributed by atoms with Gasteiger partial charge < -0.3 is 4.74 Å². The molecule has 0 aliphatic rings. The Balaban J connectivity index is 2.41. The number of carbonyl (C=O) groups is 2. The molecular formula is C18H16O3S. The monoisotopic (exact) mass is 312 g/mol. The van der Waals surface area contributed by atoms with Crippen LogP contribution < -0.4 is 0 Å². The number of ether oxygens (including phenoxy) is 1. The molecule has 0 aliphatic heterocycles. The van der Waals surface area contributed by atoms with Crippen LogP contribution in [0, 0.1) is 0 Å². The fourth-order valence-electron chi connectivity index (χ4n) is 1.95. The van der Waals surface area contributed by atoms with Crippen molar-refractivity contribution in [2.45, 2.75) is 16.7 Å². The predicted octanol–water partition coefficient (Wildman–Crippen LogP) is 4.47. The van der Waals surface area contributed by atoms with E-state index in [4.69, 9.17) is 4.74 Å². The Kier molecular flexibility index (Phi) is 5.17. The van der Waals surface area contributed by atoms with E-state index in [0.29, 0.717) is 11.1 Å². The van der Waals surface area contributed by atoms with Gasteiger partial charge in [-0.3, -0.25) is 4.79 Å². The van der Waals surface area contributed by atoms with Gasteiger partial charge in [-0.25, -0.2) is 4.79 Å². The normalized spacial score (nSPS) is 10.1. The van der Waals surface area contributed by atoms with Crippen molar-refractivity contribution in [1.82, 2.24) is 0 Å². The lowest BCUT2D eigenvalue weighted by molar-refractivity contribution is 0.0596. The first-order valence-corrected chi connectivity index (χ1v) is 7.48. The molecule has 2 rings (SSSR count). The maximum atomic E-state index is 11.8. The summed E-state index contributed by atoms with van der Waals surface area (Å²) >= 11 is 1.37. The standard InChI is InChI=1S/C18H16O3S/c1-12(2)13-8-9-16(14(10-13)11-19)22-17-7-5-4-6-15(17)18(20)21-3/h4-11H,1H2,2-3H3. The zero-order valence-corrected chi connectivity index (χ0v) is 13.3. The Hall–Kier alpha value is -2.33. The van der Waals surface area contributed by atoms with E-state index < -0.39 is 5.97 Å². The highest BCUT2D eigenvalue weighted by molar-refractivity contribution is 7.99. The van der Waals surface area contributed by atoms with E-state index in [9.17, 15) is 9.59 Å². The molecule has 2 aromatic rings. The SMILES string of the molecule is C=C(C)c1ccc(Sc2ccccc2C(=O)OC)c(C=O)c1. The van der Waals surface area contributed by atoms with Crippen LogP contribution in [0.25, 0.3) is 5.57 Å². The maximum Gasteiger partial charge on any atom is 0.339 e. The fourth-order valence-corrected chi connectivity index (χ4v) is 2.96. The van der Waals surface area contributed by atoms with Crippen LogP contribution in [0.3, 0.4) is 0 Å². The highest BCUT2D eigenvalue weighted by atomic mass is 32.2. The Morgan fingerprint density at radius 2 is 1.91 bits per heavy atom. The smallest absolute Gasteiger partial charge is 0.339 e. The summed E-state index contributed by atoms with van der Waals surface area (Å²) in [6.07, 6.45) is 0.815. The molecule has 0 saturated heterocycles. The highest BCUT2D eigenvalue weighted by Crippen LogP contribution is 2.33. The van der Waals surface area contributed by atoms with Crippen LogP contribution in [-0.4, -0.2) is 19.4 Å². The lowest BCUT2D eigenvalue weighted by Crippen LogP contribution is -2.02. The quantitative estimate of drug-likeness (QED) is 0.603. The second-order valence-corrected chi connectivity index (χ2v) is 5.82. The van der Waals surface area contributed by atoms with Crippen molar-refractivity contribution in [3.8, 4) is 0 Å². The largest absolute Gasteiger partial charge is 0.465 e. The average molecular weight is 312 g/mol. The summed E-state index contributed by atoms with van der Waals surface area (Å²) in [6, 6.07) is 12.7. The second kappa shape index (κ2) is 7.09. The molecule has 0 heterocycles. The molecule has 0 unspecified atom stereocenters. The number of hydrogen-bond donors (Lipinski definition) is 0. The Morgan fingerprint density at radius 1 is 1.18 bits per heavy atom. The number of methoxy groups -OCH3 is 1. The van der Waals surface area contributed by atoms with E-state index in [-0.39, 0.29) is 0 Å². The van der Waals surface area contributed by atoms with Gasteiger partial charge in [0.2, 0.25) is 0 Å². The fraction of sp³-hybridized carbons (Fsp3) is 0.111. The minimum atomic E-state index is -0.394. The molecule has 0 aliphatic carbocycles. The number of aldehydes is 1. The van der Waals surface area contributed by atoms with Crippen LogP contribution in [0.4, 0.5) is 0 Å². The first-order chi connectivity index (χ1) is 10.6. The highest BCUT2D eigenvalue weighted by Gasteiger charge is 2.14. The van der Waals surface area contributed by atoms with Crippen molar-refractivity contribution >= 4 is 29.6 Å². The number of esters is 1. The average Bonchev–Trinajstić information content (AvgIpc) is 2.54. The summed E-state index contributed by atoms with van der Waals surface area (Å²) in [5.41, 5.74) is 2.88. The third-order valence-corrected chi connectivity index (χ3v) is 4.31. The van der Waals surface area contributed by atoms with E-state index in [0.717, 1.165) is 27.2 Å². The number of hydrogen-bond acceptors (Lipinski definition) is 4. The molecule has 0 atom stereocenters. The van der Waals surface area contributed by atoms with Gasteiger partial charge in [-0.05, 0) is 36.8 Å². The van der Waals surface area contributed by atoms with E-state index in [1.54, 1.807) is 18.2 Å². The van der Waals surface area contributed by atoms with Crippen molar-refractivity contribution in [3.05, 3.63) is 65.7 Å². The van der Waals surface area contributed by atoms with Gasteiger partial charge in [0.15, 0.2) is 6.29 Å². The van der Waals surface area contributed by atoms with Gasteiger partial charge in [0.05, 0.1) is 12.7 Å². The molecule has 0 N–H and O–H groups in total. The van der Waals surface area contributed by atoms with Crippen molar-refractivity contribution in [2.75, 3.05) is 7.11 Å². The lowest BCUT2D eigenvalue weighted by Gasteiger charge is -2.10. The first kappa shape index (κ1) is 16.0. The minimum absolute atomic E-state index is 0.394. The van der Waals surface area contributed by atoms with Crippen LogP contribution in [0.2, 0.25) is 0 Å². The van der Waals surface area contributed by atoms with Gasteiger partial charge in [0, 0.05) is 15.4 Å². The van der Waals surface area contributed by atoms with Gasteiger partial charge in [0.25, 0.3) is 0 Å². The molecule has 0 bridgehead atoms. The third kappa shape index (κ3) is 3.46. The molecule has 0 amide bonds. The zero-order chi connectivity index (χ0) is 16.1. The number of allylic oxidation sites excluding steroid dienone is 1. The summed E-state index contributed by atoms with van der Waals surface area (Å²) in [7, 11) is 1.35. The van der Waals surface area contributed by atoms with Crippen LogP contribution in [0.5, 0.6) is 0 Å². The van der Waals surface area contributed by atoms with Gasteiger partial charge in [0.1, 0.15) is 0 Å². The van der Waals surface area contributed by atoms with Crippen LogP contribution in [-0.2, 0) is 4.74 Å². The molecule has 2 aromatic carbocycles. The Bertz CT molecular complexity index is 735. The lowest BCUT2D eigenvalue weighted by atomic mass is 10.1. The molecule has 112 valence electrons. The van der Waals surface area contributed by atoms with Crippen molar-refractivity contribution < 1.29 is 14.3 Å². The summed E-state index contributed by atoms with van der Waals surface area (Å²) in [6.45, 7) is 5.77. The molecular weight excluding hydrogens is 296 g/mol. The minimum Gasteiger partial charge on any atom is -0.465 e. The maximum absolute atomic E-state index is 11.8. The van der Waals surface area contributed by atoms with E-state index in [1.165, 1.54) is 18.9 Å². The van der Waals surface area contributed by atoms with Gasteiger partial charge in [-0.15, -0.1) is 0 Å². The van der Waals surface area contributed by atoms with Crippen molar-refractivity contribution in [1.29, 1.82) is 0 Å². The van der Waals surface area contributed by atoms with E-state index >= 15 is 0 Å². The van der Waals surface area contributed by atoms with Crippen molar-refractivity contribution in [3.63, 3.8) is 0 Å². The molecule has 0 fully saturated rings. The van der Waals surface area contributed by atoms with Crippen LogP contribution in [0.15, 0.2) is 58.8 Å². The molecule has 4 heteroatoms. The second-order valence-electron chi connectivity index (χ2n) is 4.74. The molecule has 0 saturated carbocycles. The van der Waals surface area contributed by atoms with Gasteiger partial charge in [-0.1, -0.05) is 42.1 Å². The van der Waals surface area contributed by atoms with E-state index in [2.05, 4.69) is 6.58 Å². The number of carbonyl (C=O) groups excluding carboxylic acids is 2. The van der Waals surface area contributed by atoms with Gasteiger partial charge >= 0.3 is 5.97 Å². The van der Waals surface area contributed by atoms with Crippen molar-refractivity contribution in [2.24, 2.45) is 0 Å². The molecule has 22 heavy (non-hydrogen) atoms. The van der Waals surface area contributed by atoms with Gasteiger partial charge in [-0.2, -0.15) is 0 Å². The van der Waals surface area contributed by atoms with Crippen LogP contribution in [0.1, 0.15) is 33.2 Å². The summed E-state index contributed by atoms with van der Waals surface area (Å²) in [4.78, 5) is 24.7.